The molecule has 0 aliphatic heterocycles. The molecule has 0 fully saturated rings. The first kappa shape index (κ1) is 16.9. The fourth-order valence-corrected chi connectivity index (χ4v) is 2.89. The third-order valence-corrected chi connectivity index (χ3v) is 8.73. The van der Waals surface area contributed by atoms with Gasteiger partial charge >= 0.3 is 0 Å². The molecular weight excluding hydrogens is 262 g/mol. The fraction of sp³-hybridized carbons (Fsp3) is 0.588. The smallest absolute Gasteiger partial charge is 0.191 e. The molecule has 0 saturated carbocycles. The summed E-state index contributed by atoms with van der Waals surface area (Å²) in [5.41, 5.74) is 1.28. The highest BCUT2D eigenvalue weighted by molar-refractivity contribution is 6.74. The zero-order valence-corrected chi connectivity index (χ0v) is 14.4. The molecule has 110 valence electrons. The first-order chi connectivity index (χ1) is 9.26. The van der Waals surface area contributed by atoms with Crippen molar-refractivity contribution in [3.8, 4) is 6.07 Å². The van der Waals surface area contributed by atoms with Crippen molar-refractivity contribution in [3.05, 3.63) is 35.9 Å². The lowest BCUT2D eigenvalue weighted by Gasteiger charge is -2.37. The number of nitrogens with zero attached hydrogens (tertiary/aromatic N) is 1. The van der Waals surface area contributed by atoms with E-state index in [-0.39, 0.29) is 11.0 Å². The molecule has 0 aliphatic rings. The Morgan fingerprint density at radius 3 is 2.30 bits per heavy atom. The van der Waals surface area contributed by atoms with Gasteiger partial charge < -0.3 is 4.43 Å². The van der Waals surface area contributed by atoms with E-state index in [9.17, 15) is 0 Å². The molecule has 20 heavy (non-hydrogen) atoms. The van der Waals surface area contributed by atoms with E-state index in [2.05, 4.69) is 52.1 Å². The predicted molar refractivity (Wildman–Crippen MR) is 87.0 cm³/mol. The Labute approximate surface area is 124 Å². The van der Waals surface area contributed by atoms with Gasteiger partial charge in [-0.15, -0.1) is 0 Å². The summed E-state index contributed by atoms with van der Waals surface area (Å²) in [5, 5.41) is 9.23. The van der Waals surface area contributed by atoms with Crippen LogP contribution in [0.15, 0.2) is 30.3 Å². The highest BCUT2D eigenvalue weighted by Crippen LogP contribution is 2.37. The molecule has 0 spiro atoms. The summed E-state index contributed by atoms with van der Waals surface area (Å²) in [6.45, 7) is 12.0. The third kappa shape index (κ3) is 5.11. The second-order valence-electron chi connectivity index (χ2n) is 6.99. The molecule has 0 radical (unpaired) electrons. The fourth-order valence-electron chi connectivity index (χ4n) is 1.81. The van der Waals surface area contributed by atoms with Crippen LogP contribution in [0.5, 0.6) is 0 Å². The topological polar surface area (TPSA) is 33.0 Å². The van der Waals surface area contributed by atoms with Crippen LogP contribution in [-0.2, 0) is 10.8 Å². The molecular formula is C17H27NOSi. The van der Waals surface area contributed by atoms with Crippen LogP contribution in [0.3, 0.4) is 0 Å². The lowest BCUT2D eigenvalue weighted by atomic mass is 9.98. The first-order valence-corrected chi connectivity index (χ1v) is 10.2. The van der Waals surface area contributed by atoms with E-state index in [0.29, 0.717) is 13.0 Å². The normalized spacial score (nSPS) is 13.8. The minimum Gasteiger partial charge on any atom is -0.417 e. The highest BCUT2D eigenvalue weighted by atomic mass is 28.4. The first-order valence-electron chi connectivity index (χ1n) is 7.31. The Bertz CT molecular complexity index is 442. The zero-order chi connectivity index (χ0) is 15.2. The van der Waals surface area contributed by atoms with Crippen molar-refractivity contribution in [2.24, 2.45) is 5.92 Å². The largest absolute Gasteiger partial charge is 0.417 e. The van der Waals surface area contributed by atoms with Gasteiger partial charge in [0, 0.05) is 13.0 Å². The Morgan fingerprint density at radius 2 is 1.80 bits per heavy atom. The molecule has 0 aromatic heterocycles. The predicted octanol–water partition coefficient (Wildman–Crippen LogP) is 4.78. The summed E-state index contributed by atoms with van der Waals surface area (Å²) in [6, 6.07) is 12.7. The maximum absolute atomic E-state index is 9.01. The number of benzene rings is 1. The van der Waals surface area contributed by atoms with Crippen LogP contribution >= 0.6 is 0 Å². The molecule has 0 amide bonds. The molecule has 1 atom stereocenters. The number of hydrogen-bond donors (Lipinski definition) is 0. The van der Waals surface area contributed by atoms with Crippen LogP contribution in [0.25, 0.3) is 0 Å². The molecule has 0 heterocycles. The van der Waals surface area contributed by atoms with Crippen LogP contribution in [0.4, 0.5) is 0 Å². The summed E-state index contributed by atoms with van der Waals surface area (Å²) < 4.78 is 6.27. The van der Waals surface area contributed by atoms with Gasteiger partial charge in [0.2, 0.25) is 0 Å². The third-order valence-electron chi connectivity index (χ3n) is 4.23. The van der Waals surface area contributed by atoms with Gasteiger partial charge in [0.05, 0.1) is 6.07 Å². The van der Waals surface area contributed by atoms with Crippen LogP contribution in [0.1, 0.15) is 32.8 Å². The maximum Gasteiger partial charge on any atom is 0.191 e. The lowest BCUT2D eigenvalue weighted by molar-refractivity contribution is 0.229. The van der Waals surface area contributed by atoms with Crippen molar-refractivity contribution in [1.82, 2.24) is 0 Å². The summed E-state index contributed by atoms with van der Waals surface area (Å²) in [5.74, 6) is 0.288. The van der Waals surface area contributed by atoms with Gasteiger partial charge in [0.15, 0.2) is 8.32 Å². The maximum atomic E-state index is 9.01. The van der Waals surface area contributed by atoms with Crippen molar-refractivity contribution >= 4 is 8.32 Å². The van der Waals surface area contributed by atoms with Gasteiger partial charge in [-0.3, -0.25) is 0 Å². The summed E-state index contributed by atoms with van der Waals surface area (Å²) in [6.07, 6.45) is 1.48. The van der Waals surface area contributed by atoms with Gasteiger partial charge in [-0.1, -0.05) is 51.1 Å². The van der Waals surface area contributed by atoms with Crippen molar-refractivity contribution in [2.45, 2.75) is 51.7 Å². The molecule has 2 nitrogen and oxygen atoms in total. The van der Waals surface area contributed by atoms with Crippen molar-refractivity contribution in [2.75, 3.05) is 6.61 Å². The lowest BCUT2D eigenvalue weighted by Crippen LogP contribution is -2.42. The zero-order valence-electron chi connectivity index (χ0n) is 13.4. The van der Waals surface area contributed by atoms with Crippen LogP contribution in [-0.4, -0.2) is 14.9 Å². The number of hydrogen-bond acceptors (Lipinski definition) is 2. The molecule has 0 unspecified atom stereocenters. The number of rotatable bonds is 6. The van der Waals surface area contributed by atoms with Gasteiger partial charge in [-0.25, -0.2) is 0 Å². The Balaban J connectivity index is 2.63. The van der Waals surface area contributed by atoms with E-state index in [4.69, 9.17) is 9.69 Å². The average molecular weight is 289 g/mol. The van der Waals surface area contributed by atoms with E-state index in [1.807, 2.05) is 18.2 Å². The van der Waals surface area contributed by atoms with E-state index >= 15 is 0 Å². The molecule has 3 heteroatoms. The summed E-state index contributed by atoms with van der Waals surface area (Å²) in [7, 11) is -1.72. The molecule has 0 saturated heterocycles. The monoisotopic (exact) mass is 289 g/mol. The van der Waals surface area contributed by atoms with E-state index in [1.165, 1.54) is 5.56 Å². The Morgan fingerprint density at radius 1 is 1.20 bits per heavy atom. The minimum absolute atomic E-state index is 0.219. The second-order valence-corrected chi connectivity index (χ2v) is 11.8. The molecule has 0 bridgehead atoms. The highest BCUT2D eigenvalue weighted by Gasteiger charge is 2.37. The van der Waals surface area contributed by atoms with Crippen molar-refractivity contribution < 1.29 is 4.43 Å². The molecule has 0 N–H and O–H groups in total. The Hall–Kier alpha value is -1.11. The van der Waals surface area contributed by atoms with Crippen LogP contribution in [0.2, 0.25) is 18.1 Å². The van der Waals surface area contributed by atoms with Crippen LogP contribution < -0.4 is 0 Å². The molecule has 1 rings (SSSR count). The molecule has 1 aromatic carbocycles. The summed E-state index contributed by atoms with van der Waals surface area (Å²) >= 11 is 0. The minimum atomic E-state index is -1.72. The van der Waals surface area contributed by atoms with E-state index < -0.39 is 8.32 Å². The number of nitriles is 1. The molecule has 0 aliphatic carbocycles. The van der Waals surface area contributed by atoms with Crippen molar-refractivity contribution in [3.63, 3.8) is 0 Å². The quantitative estimate of drug-likeness (QED) is 0.706. The second kappa shape index (κ2) is 7.06. The van der Waals surface area contributed by atoms with Gasteiger partial charge in [0.25, 0.3) is 0 Å². The molecule has 1 aromatic rings. The Kier molecular flexibility index (Phi) is 5.98. The average Bonchev–Trinajstić information content (AvgIpc) is 2.36. The van der Waals surface area contributed by atoms with Gasteiger partial charge in [-0.05, 0) is 36.0 Å². The standard InChI is InChI=1S/C17H27NOSi/c1-17(2,3)20(4,5)19-14-16(11-12-18)13-15-9-7-6-8-10-15/h6-10,16H,11,13-14H2,1-5H3/t16-/m1/s1. The van der Waals surface area contributed by atoms with Gasteiger partial charge in [0.1, 0.15) is 0 Å². The van der Waals surface area contributed by atoms with E-state index in [1.54, 1.807) is 0 Å². The van der Waals surface area contributed by atoms with E-state index in [0.717, 1.165) is 6.42 Å². The van der Waals surface area contributed by atoms with Crippen LogP contribution in [0, 0.1) is 17.2 Å². The SMILES string of the molecule is CC(C)(C)[Si](C)(C)OC[C@H](CC#N)Cc1ccccc1. The summed E-state index contributed by atoms with van der Waals surface area (Å²) in [4.78, 5) is 0. The van der Waals surface area contributed by atoms with Gasteiger partial charge in [-0.2, -0.15) is 5.26 Å². The van der Waals surface area contributed by atoms with Crippen molar-refractivity contribution in [1.29, 1.82) is 5.26 Å².